The minimum Gasteiger partial charge on any atom is -0.481 e. The van der Waals surface area contributed by atoms with Gasteiger partial charge in [-0.05, 0) is 41.7 Å². The van der Waals surface area contributed by atoms with E-state index in [4.69, 9.17) is 5.11 Å². The van der Waals surface area contributed by atoms with Crippen LogP contribution in [0.25, 0.3) is 0 Å². The van der Waals surface area contributed by atoms with Crippen LogP contribution < -0.4 is 0 Å². The third kappa shape index (κ3) is 1.92. The molecule has 2 heterocycles. The second-order valence-electron chi connectivity index (χ2n) is 5.03. The Kier molecular flexibility index (Phi) is 2.86. The van der Waals surface area contributed by atoms with E-state index in [0.29, 0.717) is 6.42 Å². The second kappa shape index (κ2) is 4.39. The molecule has 96 valence electrons. The van der Waals surface area contributed by atoms with E-state index >= 15 is 0 Å². The van der Waals surface area contributed by atoms with Gasteiger partial charge in [0, 0.05) is 6.54 Å². The van der Waals surface area contributed by atoms with Gasteiger partial charge in [-0.3, -0.25) is 9.59 Å². The molecule has 5 heteroatoms. The molecule has 3 unspecified atom stereocenters. The Balaban J connectivity index is 1.72. The minimum absolute atomic E-state index is 0.0381. The summed E-state index contributed by atoms with van der Waals surface area (Å²) in [6.07, 6.45) is 2.52. The molecule has 1 saturated heterocycles. The molecule has 1 amide bonds. The molecule has 2 aliphatic rings. The molecule has 1 N–H and O–H groups in total. The molecule has 1 saturated carbocycles. The summed E-state index contributed by atoms with van der Waals surface area (Å²) in [5.74, 6) is -1.52. The summed E-state index contributed by atoms with van der Waals surface area (Å²) in [6, 6.07) is 2.22. The Labute approximate surface area is 109 Å². The minimum atomic E-state index is -0.834. The summed E-state index contributed by atoms with van der Waals surface area (Å²) < 4.78 is 0. The number of hydrogen-bond acceptors (Lipinski definition) is 3. The number of thiophene rings is 1. The van der Waals surface area contributed by atoms with Gasteiger partial charge in [-0.15, -0.1) is 0 Å². The van der Waals surface area contributed by atoms with Gasteiger partial charge in [0.2, 0.25) is 5.91 Å². The maximum atomic E-state index is 12.3. The van der Waals surface area contributed by atoms with Crippen molar-refractivity contribution in [1.29, 1.82) is 0 Å². The quantitative estimate of drug-likeness (QED) is 0.911. The van der Waals surface area contributed by atoms with E-state index in [9.17, 15) is 9.59 Å². The van der Waals surface area contributed by atoms with Gasteiger partial charge in [0.25, 0.3) is 0 Å². The molecule has 0 spiro atoms. The lowest BCUT2D eigenvalue weighted by molar-refractivity contribution is -0.142. The van der Waals surface area contributed by atoms with E-state index in [1.54, 1.807) is 11.3 Å². The molecule has 3 atom stereocenters. The Bertz CT molecular complexity index is 471. The molecule has 0 radical (unpaired) electrons. The summed E-state index contributed by atoms with van der Waals surface area (Å²) in [5.41, 5.74) is 1.19. The normalized spacial score (nSPS) is 30.4. The van der Waals surface area contributed by atoms with Crippen LogP contribution in [0.5, 0.6) is 0 Å². The first-order valence-electron chi connectivity index (χ1n) is 6.24. The number of carbonyl (C=O) groups is 2. The Hall–Kier alpha value is -1.36. The number of amides is 1. The summed E-state index contributed by atoms with van der Waals surface area (Å²) in [5, 5.41) is 13.0. The van der Waals surface area contributed by atoms with Crippen LogP contribution in [0, 0.1) is 11.8 Å². The molecule has 3 rings (SSSR count). The first-order chi connectivity index (χ1) is 8.68. The molecule has 0 aromatic carbocycles. The molecule has 1 aromatic rings. The van der Waals surface area contributed by atoms with Crippen LogP contribution in [-0.4, -0.2) is 28.4 Å². The summed E-state index contributed by atoms with van der Waals surface area (Å²) >= 11 is 1.64. The van der Waals surface area contributed by atoms with Crippen LogP contribution in [0.3, 0.4) is 0 Å². The van der Waals surface area contributed by atoms with Crippen molar-refractivity contribution >= 4 is 23.2 Å². The number of carboxylic acid groups (broad SMARTS) is 1. The van der Waals surface area contributed by atoms with E-state index in [1.165, 1.54) is 5.56 Å². The Morgan fingerprint density at radius 2 is 2.22 bits per heavy atom. The predicted octanol–water partition coefficient (Wildman–Crippen LogP) is 2.13. The van der Waals surface area contributed by atoms with Gasteiger partial charge in [-0.1, -0.05) is 0 Å². The first-order valence-corrected chi connectivity index (χ1v) is 7.18. The topological polar surface area (TPSA) is 57.6 Å². The van der Waals surface area contributed by atoms with Crippen LogP contribution in [0.2, 0.25) is 0 Å². The van der Waals surface area contributed by atoms with E-state index in [0.717, 1.165) is 19.4 Å². The maximum absolute atomic E-state index is 12.3. The third-order valence-corrected chi connectivity index (χ3v) is 4.59. The highest BCUT2D eigenvalue weighted by Gasteiger charge is 2.51. The maximum Gasteiger partial charge on any atom is 0.307 e. The number of nitrogens with zero attached hydrogens (tertiary/aromatic N) is 1. The monoisotopic (exact) mass is 265 g/mol. The highest BCUT2D eigenvalue weighted by atomic mass is 32.1. The third-order valence-electron chi connectivity index (χ3n) is 3.89. The van der Waals surface area contributed by atoms with Gasteiger partial charge in [0.1, 0.15) is 0 Å². The fraction of sp³-hybridized carbons (Fsp3) is 0.538. The van der Waals surface area contributed by atoms with Crippen molar-refractivity contribution < 1.29 is 14.7 Å². The van der Waals surface area contributed by atoms with Gasteiger partial charge >= 0.3 is 5.97 Å². The average molecular weight is 265 g/mol. The highest BCUT2D eigenvalue weighted by Crippen LogP contribution is 2.43. The Morgan fingerprint density at radius 1 is 1.39 bits per heavy atom. The van der Waals surface area contributed by atoms with Crippen molar-refractivity contribution in [2.24, 2.45) is 11.8 Å². The van der Waals surface area contributed by atoms with Crippen LogP contribution >= 0.6 is 11.3 Å². The zero-order chi connectivity index (χ0) is 12.7. The summed E-state index contributed by atoms with van der Waals surface area (Å²) in [6.45, 7) is 0.766. The van der Waals surface area contributed by atoms with Crippen molar-refractivity contribution in [3.63, 3.8) is 0 Å². The number of hydrogen-bond donors (Lipinski definition) is 1. The number of carbonyl (C=O) groups excluding carboxylic acids is 1. The molecule has 2 fully saturated rings. The molecule has 0 bridgehead atoms. The van der Waals surface area contributed by atoms with Gasteiger partial charge in [0.15, 0.2) is 0 Å². The highest BCUT2D eigenvalue weighted by molar-refractivity contribution is 7.07. The average Bonchev–Trinajstić information content (AvgIpc) is 2.78. The molecule has 1 aliphatic carbocycles. The zero-order valence-electron chi connectivity index (χ0n) is 9.91. The van der Waals surface area contributed by atoms with Crippen molar-refractivity contribution in [2.45, 2.75) is 25.3 Å². The van der Waals surface area contributed by atoms with Gasteiger partial charge in [0.05, 0.1) is 17.9 Å². The molecule has 18 heavy (non-hydrogen) atoms. The lowest BCUT2D eigenvalue weighted by atomic mass is 10.1. The van der Waals surface area contributed by atoms with Gasteiger partial charge in [-0.2, -0.15) is 11.3 Å². The van der Waals surface area contributed by atoms with E-state index < -0.39 is 11.9 Å². The van der Waals surface area contributed by atoms with Crippen LogP contribution in [0.1, 0.15) is 30.9 Å². The lowest BCUT2D eigenvalue weighted by Crippen LogP contribution is -2.32. The van der Waals surface area contributed by atoms with Crippen LogP contribution in [0.4, 0.5) is 0 Å². The SMILES string of the molecule is O=C(O)C1CC1C(=O)N1CCCC1c1ccsc1. The predicted molar refractivity (Wildman–Crippen MR) is 67.2 cm³/mol. The lowest BCUT2D eigenvalue weighted by Gasteiger charge is -2.24. The number of aliphatic carboxylic acids is 1. The summed E-state index contributed by atoms with van der Waals surface area (Å²) in [4.78, 5) is 25.0. The van der Waals surface area contributed by atoms with Crippen molar-refractivity contribution in [2.75, 3.05) is 6.54 Å². The van der Waals surface area contributed by atoms with Crippen LogP contribution in [0.15, 0.2) is 16.8 Å². The van der Waals surface area contributed by atoms with Gasteiger partial charge < -0.3 is 10.0 Å². The molecular formula is C13H15NO3S. The van der Waals surface area contributed by atoms with Crippen molar-refractivity contribution in [1.82, 2.24) is 4.90 Å². The van der Waals surface area contributed by atoms with Crippen molar-refractivity contribution in [3.05, 3.63) is 22.4 Å². The Morgan fingerprint density at radius 3 is 2.83 bits per heavy atom. The number of rotatable bonds is 3. The van der Waals surface area contributed by atoms with Crippen LogP contribution in [-0.2, 0) is 9.59 Å². The smallest absolute Gasteiger partial charge is 0.307 e. The number of carboxylic acids is 1. The molecule has 1 aromatic heterocycles. The van der Waals surface area contributed by atoms with Crippen molar-refractivity contribution in [3.8, 4) is 0 Å². The fourth-order valence-corrected chi connectivity index (χ4v) is 3.50. The van der Waals surface area contributed by atoms with E-state index in [-0.39, 0.29) is 17.9 Å². The molecular weight excluding hydrogens is 250 g/mol. The van der Waals surface area contributed by atoms with Gasteiger partial charge in [-0.25, -0.2) is 0 Å². The molecule has 1 aliphatic heterocycles. The molecule has 4 nitrogen and oxygen atoms in total. The number of likely N-dealkylation sites (tertiary alicyclic amines) is 1. The standard InChI is InChI=1S/C13H15NO3S/c15-12(9-6-10(9)13(16)17)14-4-1-2-11(14)8-3-5-18-7-8/h3,5,7,9-11H,1-2,4,6H2,(H,16,17). The largest absolute Gasteiger partial charge is 0.481 e. The second-order valence-corrected chi connectivity index (χ2v) is 5.81. The summed E-state index contributed by atoms with van der Waals surface area (Å²) in [7, 11) is 0. The van der Waals surface area contributed by atoms with E-state index in [1.807, 2.05) is 10.3 Å². The van der Waals surface area contributed by atoms with E-state index in [2.05, 4.69) is 11.4 Å². The fourth-order valence-electron chi connectivity index (χ4n) is 2.80. The zero-order valence-corrected chi connectivity index (χ0v) is 10.7. The first kappa shape index (κ1) is 11.7.